The van der Waals surface area contributed by atoms with Crippen LogP contribution in [-0.2, 0) is 11.8 Å². The summed E-state index contributed by atoms with van der Waals surface area (Å²) < 4.78 is 1.83. The van der Waals surface area contributed by atoms with Crippen LogP contribution in [0.4, 0.5) is 0 Å². The number of rotatable bonds is 4. The van der Waals surface area contributed by atoms with Crippen LogP contribution in [0.3, 0.4) is 0 Å². The van der Waals surface area contributed by atoms with Crippen molar-refractivity contribution in [2.24, 2.45) is 7.05 Å². The molecule has 0 saturated carbocycles. The first-order valence-electron chi connectivity index (χ1n) is 6.49. The van der Waals surface area contributed by atoms with E-state index >= 15 is 0 Å². The molecule has 1 fully saturated rings. The summed E-state index contributed by atoms with van der Waals surface area (Å²) in [5.74, 6) is 0.839. The number of hydrogen-bond donors (Lipinski definition) is 2. The minimum atomic E-state index is -0.396. The van der Waals surface area contributed by atoms with E-state index in [2.05, 4.69) is 20.8 Å². The molecule has 0 bridgehead atoms. The van der Waals surface area contributed by atoms with Crippen molar-refractivity contribution in [3.8, 4) is 0 Å². The van der Waals surface area contributed by atoms with Gasteiger partial charge in [0.1, 0.15) is 6.33 Å². The Balaban J connectivity index is 2.05. The van der Waals surface area contributed by atoms with Gasteiger partial charge in [0.15, 0.2) is 5.82 Å². The van der Waals surface area contributed by atoms with Crippen molar-refractivity contribution in [1.29, 1.82) is 0 Å². The van der Waals surface area contributed by atoms with Gasteiger partial charge in [-0.3, -0.25) is 4.79 Å². The van der Waals surface area contributed by atoms with Crippen molar-refractivity contribution in [2.75, 3.05) is 6.54 Å². The van der Waals surface area contributed by atoms with Crippen molar-refractivity contribution in [2.45, 2.75) is 44.7 Å². The summed E-state index contributed by atoms with van der Waals surface area (Å²) in [6.45, 7) is 4.89. The highest BCUT2D eigenvalue weighted by atomic mass is 16.2. The lowest BCUT2D eigenvalue weighted by Crippen LogP contribution is -2.53. The number of nitrogens with one attached hydrogen (secondary N) is 2. The molecule has 1 aliphatic heterocycles. The lowest BCUT2D eigenvalue weighted by Gasteiger charge is -2.28. The second kappa shape index (κ2) is 5.06. The van der Waals surface area contributed by atoms with Crippen LogP contribution < -0.4 is 10.6 Å². The van der Waals surface area contributed by atoms with Crippen LogP contribution in [0.1, 0.15) is 45.0 Å². The Kier molecular flexibility index (Phi) is 3.65. The Morgan fingerprint density at radius 1 is 1.72 bits per heavy atom. The van der Waals surface area contributed by atoms with Gasteiger partial charge in [0.25, 0.3) is 0 Å². The fraction of sp³-hybridized carbons (Fsp3) is 0.750. The van der Waals surface area contributed by atoms with Crippen molar-refractivity contribution >= 4 is 5.91 Å². The molecule has 6 heteroatoms. The lowest BCUT2D eigenvalue weighted by atomic mass is 9.93. The minimum absolute atomic E-state index is 0.0676. The molecule has 0 aromatic carbocycles. The number of nitrogens with zero attached hydrogens (tertiary/aromatic N) is 3. The summed E-state index contributed by atoms with van der Waals surface area (Å²) in [5.41, 5.74) is -0.396. The third-order valence-corrected chi connectivity index (χ3v) is 3.76. The molecule has 0 radical (unpaired) electrons. The Morgan fingerprint density at radius 2 is 2.50 bits per heavy atom. The summed E-state index contributed by atoms with van der Waals surface area (Å²) in [5, 5.41) is 14.2. The molecule has 2 rings (SSSR count). The second-order valence-electron chi connectivity index (χ2n) is 4.96. The van der Waals surface area contributed by atoms with Crippen LogP contribution in [0, 0.1) is 0 Å². The summed E-state index contributed by atoms with van der Waals surface area (Å²) in [6.07, 6.45) is 4.41. The first-order chi connectivity index (χ1) is 8.59. The van der Waals surface area contributed by atoms with Crippen molar-refractivity contribution in [3.63, 3.8) is 0 Å². The molecule has 18 heavy (non-hydrogen) atoms. The number of amides is 1. The van der Waals surface area contributed by atoms with Gasteiger partial charge < -0.3 is 15.2 Å². The summed E-state index contributed by atoms with van der Waals surface area (Å²) in [6, 6.07) is -0.129. The summed E-state index contributed by atoms with van der Waals surface area (Å²) in [7, 11) is 1.88. The molecule has 1 aliphatic rings. The zero-order valence-corrected chi connectivity index (χ0v) is 11.2. The molecule has 1 amide bonds. The number of aromatic nitrogens is 3. The highest BCUT2D eigenvalue weighted by Gasteiger charge is 2.39. The van der Waals surface area contributed by atoms with Crippen LogP contribution in [0.5, 0.6) is 0 Å². The third-order valence-electron chi connectivity index (χ3n) is 3.76. The standard InChI is InChI=1S/C12H21N5O/c1-4-12(6-5-7-13-12)11(18)15-9(2)10-16-14-8-17(10)3/h8-9,13H,4-7H2,1-3H3,(H,15,18). The van der Waals surface area contributed by atoms with Gasteiger partial charge in [-0.15, -0.1) is 10.2 Å². The molecule has 2 heterocycles. The predicted molar refractivity (Wildman–Crippen MR) is 67.8 cm³/mol. The Bertz CT molecular complexity index is 422. The number of hydrogen-bond acceptors (Lipinski definition) is 4. The van der Waals surface area contributed by atoms with E-state index in [4.69, 9.17) is 0 Å². The highest BCUT2D eigenvalue weighted by Crippen LogP contribution is 2.24. The number of carbonyl (C=O) groups is 1. The fourth-order valence-corrected chi connectivity index (χ4v) is 2.55. The van der Waals surface area contributed by atoms with Gasteiger partial charge in [-0.2, -0.15) is 0 Å². The maximum atomic E-state index is 12.4. The molecule has 6 nitrogen and oxygen atoms in total. The maximum absolute atomic E-state index is 12.4. The minimum Gasteiger partial charge on any atom is -0.345 e. The zero-order chi connectivity index (χ0) is 13.2. The van der Waals surface area contributed by atoms with Gasteiger partial charge in [-0.1, -0.05) is 6.92 Å². The molecule has 2 atom stereocenters. The highest BCUT2D eigenvalue weighted by molar-refractivity contribution is 5.86. The molecule has 1 saturated heterocycles. The van der Waals surface area contributed by atoms with Crippen LogP contribution in [0.25, 0.3) is 0 Å². The van der Waals surface area contributed by atoms with Crippen LogP contribution in [0.2, 0.25) is 0 Å². The molecule has 100 valence electrons. The average molecular weight is 251 g/mol. The van der Waals surface area contributed by atoms with E-state index in [1.165, 1.54) is 0 Å². The van der Waals surface area contributed by atoms with Crippen LogP contribution in [0.15, 0.2) is 6.33 Å². The van der Waals surface area contributed by atoms with Gasteiger partial charge in [-0.05, 0) is 32.7 Å². The van der Waals surface area contributed by atoms with E-state index in [0.717, 1.165) is 31.6 Å². The molecule has 2 unspecified atom stereocenters. The van der Waals surface area contributed by atoms with E-state index in [0.29, 0.717) is 0 Å². The van der Waals surface area contributed by atoms with E-state index in [9.17, 15) is 4.79 Å². The molecule has 1 aromatic heterocycles. The smallest absolute Gasteiger partial charge is 0.240 e. The van der Waals surface area contributed by atoms with Crippen LogP contribution in [-0.4, -0.2) is 32.8 Å². The number of carbonyl (C=O) groups excluding carboxylic acids is 1. The van der Waals surface area contributed by atoms with E-state index in [1.807, 2.05) is 25.5 Å². The predicted octanol–water partition coefficient (Wildman–Crippen LogP) is 0.524. The Morgan fingerprint density at radius 3 is 3.00 bits per heavy atom. The second-order valence-corrected chi connectivity index (χ2v) is 4.96. The monoisotopic (exact) mass is 251 g/mol. The molecule has 0 aliphatic carbocycles. The SMILES string of the molecule is CCC1(C(=O)NC(C)c2nncn2C)CCCN1. The normalized spacial score (nSPS) is 25.1. The molecule has 2 N–H and O–H groups in total. The third kappa shape index (κ3) is 2.25. The van der Waals surface area contributed by atoms with E-state index in [1.54, 1.807) is 6.33 Å². The Labute approximate surface area is 107 Å². The summed E-state index contributed by atoms with van der Waals surface area (Å²) >= 11 is 0. The largest absolute Gasteiger partial charge is 0.345 e. The Hall–Kier alpha value is -1.43. The maximum Gasteiger partial charge on any atom is 0.240 e. The van der Waals surface area contributed by atoms with E-state index in [-0.39, 0.29) is 11.9 Å². The first-order valence-corrected chi connectivity index (χ1v) is 6.49. The van der Waals surface area contributed by atoms with Crippen LogP contribution >= 0.6 is 0 Å². The van der Waals surface area contributed by atoms with Gasteiger partial charge in [0, 0.05) is 7.05 Å². The van der Waals surface area contributed by atoms with Gasteiger partial charge in [0.2, 0.25) is 5.91 Å². The van der Waals surface area contributed by atoms with Crippen molar-refractivity contribution in [3.05, 3.63) is 12.2 Å². The zero-order valence-electron chi connectivity index (χ0n) is 11.2. The molecular weight excluding hydrogens is 230 g/mol. The van der Waals surface area contributed by atoms with Gasteiger partial charge in [-0.25, -0.2) is 0 Å². The van der Waals surface area contributed by atoms with Crippen molar-refractivity contribution < 1.29 is 4.79 Å². The summed E-state index contributed by atoms with van der Waals surface area (Å²) in [4.78, 5) is 12.4. The van der Waals surface area contributed by atoms with E-state index < -0.39 is 5.54 Å². The van der Waals surface area contributed by atoms with Gasteiger partial charge in [0.05, 0.1) is 11.6 Å². The average Bonchev–Trinajstić information content (AvgIpc) is 2.97. The fourth-order valence-electron chi connectivity index (χ4n) is 2.55. The first kappa shape index (κ1) is 13.0. The van der Waals surface area contributed by atoms with Gasteiger partial charge >= 0.3 is 0 Å². The number of aryl methyl sites for hydroxylation is 1. The quantitative estimate of drug-likeness (QED) is 0.818. The lowest BCUT2D eigenvalue weighted by molar-refractivity contribution is -0.128. The van der Waals surface area contributed by atoms with Crippen molar-refractivity contribution in [1.82, 2.24) is 25.4 Å². The molecule has 0 spiro atoms. The molecular formula is C12H21N5O. The molecule has 1 aromatic rings. The topological polar surface area (TPSA) is 71.8 Å².